The van der Waals surface area contributed by atoms with Crippen LogP contribution in [-0.4, -0.2) is 40.8 Å². The van der Waals surface area contributed by atoms with Crippen LogP contribution >= 0.6 is 0 Å². The zero-order valence-electron chi connectivity index (χ0n) is 17.6. The Morgan fingerprint density at radius 1 is 1.03 bits per heavy atom. The minimum absolute atomic E-state index is 0.332. The number of hydrogen-bond acceptors (Lipinski definition) is 4. The number of rotatable bonds is 4. The molecule has 0 spiro atoms. The van der Waals surface area contributed by atoms with E-state index >= 15 is 0 Å². The van der Waals surface area contributed by atoms with Crippen molar-refractivity contribution in [3.8, 4) is 5.75 Å². The maximum atomic E-state index is 13.5. The molecule has 0 bridgehead atoms. The summed E-state index contributed by atoms with van der Waals surface area (Å²) < 4.78 is 20.3. The van der Waals surface area contributed by atoms with Crippen molar-refractivity contribution in [3.63, 3.8) is 0 Å². The zero-order chi connectivity index (χ0) is 23.1. The van der Waals surface area contributed by atoms with Crippen LogP contribution in [0.15, 0.2) is 72.8 Å². The number of carbonyl (C=O) groups excluding carboxylic acids is 3. The first kappa shape index (κ1) is 20.6. The van der Waals surface area contributed by atoms with Crippen molar-refractivity contribution >= 4 is 34.9 Å². The summed E-state index contributed by atoms with van der Waals surface area (Å²) in [6.07, 6.45) is -1.06. The average Bonchev–Trinajstić information content (AvgIpc) is 3.19. The third-order valence-electron chi connectivity index (χ3n) is 5.54. The van der Waals surface area contributed by atoms with Crippen LogP contribution in [0.2, 0.25) is 0 Å². The van der Waals surface area contributed by atoms with E-state index in [1.807, 2.05) is 6.92 Å². The van der Waals surface area contributed by atoms with Gasteiger partial charge in [-0.3, -0.25) is 4.79 Å². The SMILES string of the molecule is Cc1ccc(N2C(=O)C3Oc4ccccc4C3=[N+](CC(=O)Nc3ccc(F)cc3)C2=O)cc1. The molecule has 33 heavy (non-hydrogen) atoms. The van der Waals surface area contributed by atoms with Crippen LogP contribution in [0.5, 0.6) is 5.75 Å². The number of fused-ring (bicyclic) bond motifs is 3. The highest BCUT2D eigenvalue weighted by molar-refractivity contribution is 6.29. The standard InChI is InChI=1S/C25H18FN3O4/c1-15-6-12-18(13-7-15)29-24(31)23-22(19-4-2-3-5-20(19)33-23)28(25(29)32)14-21(30)27-17-10-8-16(26)9-11-17/h2-13,23H,14H2,1H3/p+1. The van der Waals surface area contributed by atoms with Crippen LogP contribution < -0.4 is 15.0 Å². The first-order valence-corrected chi connectivity index (χ1v) is 10.3. The Kier molecular flexibility index (Phi) is 4.97. The minimum atomic E-state index is -1.06. The molecule has 0 saturated carbocycles. The molecule has 2 aliphatic heterocycles. The van der Waals surface area contributed by atoms with Gasteiger partial charge in [-0.25, -0.2) is 9.18 Å². The van der Waals surface area contributed by atoms with Crippen LogP contribution in [-0.2, 0) is 9.59 Å². The maximum Gasteiger partial charge on any atom is 0.506 e. The van der Waals surface area contributed by atoms with Gasteiger partial charge in [0.15, 0.2) is 12.3 Å². The van der Waals surface area contributed by atoms with Crippen LogP contribution in [0.1, 0.15) is 11.1 Å². The molecule has 2 aliphatic rings. The van der Waals surface area contributed by atoms with Gasteiger partial charge in [0.25, 0.3) is 12.0 Å². The second kappa shape index (κ2) is 7.98. The number of nitrogens with zero attached hydrogens (tertiary/aromatic N) is 2. The van der Waals surface area contributed by atoms with Crippen LogP contribution in [0.3, 0.4) is 0 Å². The van der Waals surface area contributed by atoms with E-state index in [-0.39, 0.29) is 6.54 Å². The van der Waals surface area contributed by atoms with Gasteiger partial charge >= 0.3 is 11.9 Å². The normalized spacial score (nSPS) is 16.9. The molecule has 0 aromatic heterocycles. The molecule has 3 aromatic rings. The third kappa shape index (κ3) is 3.65. The molecular formula is C25H19FN3O4+. The maximum absolute atomic E-state index is 13.5. The van der Waals surface area contributed by atoms with Gasteiger partial charge in [-0.05, 0) is 55.5 Å². The van der Waals surface area contributed by atoms with E-state index in [2.05, 4.69) is 5.32 Å². The van der Waals surface area contributed by atoms with Gasteiger partial charge < -0.3 is 10.1 Å². The molecule has 164 valence electrons. The fraction of sp³-hybridized carbons (Fsp3) is 0.120. The van der Waals surface area contributed by atoms with E-state index in [4.69, 9.17) is 4.74 Å². The number of anilines is 2. The summed E-state index contributed by atoms with van der Waals surface area (Å²) in [4.78, 5) is 40.7. The van der Waals surface area contributed by atoms with Crippen LogP contribution in [0.4, 0.5) is 20.6 Å². The molecule has 5 rings (SSSR count). The first-order chi connectivity index (χ1) is 15.9. The molecule has 1 N–H and O–H groups in total. The van der Waals surface area contributed by atoms with E-state index in [9.17, 15) is 18.8 Å². The predicted octanol–water partition coefficient (Wildman–Crippen LogP) is 3.50. The highest BCUT2D eigenvalue weighted by Crippen LogP contribution is 2.33. The van der Waals surface area contributed by atoms with Crippen LogP contribution in [0, 0.1) is 12.7 Å². The zero-order valence-corrected chi connectivity index (χ0v) is 17.6. The average molecular weight is 444 g/mol. The number of ether oxygens (including phenoxy) is 1. The summed E-state index contributed by atoms with van der Waals surface area (Å²) >= 11 is 0. The van der Waals surface area contributed by atoms with Crippen molar-refractivity contribution in [2.45, 2.75) is 13.0 Å². The third-order valence-corrected chi connectivity index (χ3v) is 5.54. The Labute approximate surface area is 188 Å². The summed E-state index contributed by atoms with van der Waals surface area (Å²) in [7, 11) is 0. The number of amides is 4. The van der Waals surface area contributed by atoms with Crippen molar-refractivity contribution in [3.05, 3.63) is 89.7 Å². The lowest BCUT2D eigenvalue weighted by atomic mass is 10.0. The van der Waals surface area contributed by atoms with E-state index in [1.54, 1.807) is 48.5 Å². The molecule has 1 atom stereocenters. The number of benzene rings is 3. The highest BCUT2D eigenvalue weighted by atomic mass is 19.1. The minimum Gasteiger partial charge on any atom is -0.469 e. The number of imide groups is 1. The van der Waals surface area contributed by atoms with Crippen LogP contribution in [0.25, 0.3) is 0 Å². The largest absolute Gasteiger partial charge is 0.506 e. The fourth-order valence-corrected chi connectivity index (χ4v) is 3.96. The number of hydrogen-bond donors (Lipinski definition) is 1. The smallest absolute Gasteiger partial charge is 0.469 e. The second-order valence-electron chi connectivity index (χ2n) is 7.81. The monoisotopic (exact) mass is 444 g/mol. The molecule has 0 radical (unpaired) electrons. The highest BCUT2D eigenvalue weighted by Gasteiger charge is 2.54. The molecule has 1 unspecified atom stereocenters. The molecule has 7 nitrogen and oxygen atoms in total. The second-order valence-corrected chi connectivity index (χ2v) is 7.81. The summed E-state index contributed by atoms with van der Waals surface area (Å²) in [5.74, 6) is -0.980. The number of carbonyl (C=O) groups is 3. The summed E-state index contributed by atoms with van der Waals surface area (Å²) in [6.45, 7) is 1.55. The Bertz CT molecular complexity index is 1320. The van der Waals surface area contributed by atoms with Crippen molar-refractivity contribution in [2.24, 2.45) is 0 Å². The van der Waals surface area contributed by atoms with Crippen molar-refractivity contribution < 1.29 is 28.1 Å². The van der Waals surface area contributed by atoms with Gasteiger partial charge in [0.05, 0.1) is 5.56 Å². The fourth-order valence-electron chi connectivity index (χ4n) is 3.96. The summed E-state index contributed by atoms with van der Waals surface area (Å²) in [6, 6.07) is 18.6. The Morgan fingerprint density at radius 2 is 1.73 bits per heavy atom. The summed E-state index contributed by atoms with van der Waals surface area (Å²) in [5.41, 5.74) is 2.67. The molecule has 8 heteroatoms. The Morgan fingerprint density at radius 3 is 2.45 bits per heavy atom. The van der Waals surface area contributed by atoms with Crippen molar-refractivity contribution in [1.82, 2.24) is 0 Å². The van der Waals surface area contributed by atoms with Crippen molar-refractivity contribution in [2.75, 3.05) is 16.8 Å². The van der Waals surface area contributed by atoms with Gasteiger partial charge in [-0.1, -0.05) is 29.8 Å². The number of nitrogens with one attached hydrogen (secondary N) is 1. The Hall–Kier alpha value is -4.33. The summed E-state index contributed by atoms with van der Waals surface area (Å²) in [5, 5.41) is 2.66. The molecule has 0 fully saturated rings. The molecule has 2 heterocycles. The van der Waals surface area contributed by atoms with E-state index in [1.165, 1.54) is 28.8 Å². The van der Waals surface area contributed by atoms with E-state index in [0.29, 0.717) is 28.4 Å². The van der Waals surface area contributed by atoms with Gasteiger partial charge in [-0.15, -0.1) is 4.90 Å². The number of aryl methyl sites for hydroxylation is 1. The first-order valence-electron chi connectivity index (χ1n) is 10.3. The van der Waals surface area contributed by atoms with E-state index < -0.39 is 29.8 Å². The van der Waals surface area contributed by atoms with Gasteiger partial charge in [0.2, 0.25) is 0 Å². The van der Waals surface area contributed by atoms with E-state index in [0.717, 1.165) is 10.5 Å². The predicted molar refractivity (Wildman–Crippen MR) is 119 cm³/mol. The number of halogens is 1. The topological polar surface area (TPSA) is 78.7 Å². The Balaban J connectivity index is 1.55. The lowest BCUT2D eigenvalue weighted by molar-refractivity contribution is -0.416. The molecule has 3 aromatic carbocycles. The number of para-hydroxylation sites is 1. The quantitative estimate of drug-likeness (QED) is 0.625. The van der Waals surface area contributed by atoms with Gasteiger partial charge in [0.1, 0.15) is 17.3 Å². The lowest BCUT2D eigenvalue weighted by Gasteiger charge is -2.24. The lowest BCUT2D eigenvalue weighted by Crippen LogP contribution is -2.59. The van der Waals surface area contributed by atoms with Gasteiger partial charge in [0, 0.05) is 5.69 Å². The van der Waals surface area contributed by atoms with Gasteiger partial charge in [-0.2, -0.15) is 9.37 Å². The number of urea groups is 1. The van der Waals surface area contributed by atoms with Crippen molar-refractivity contribution in [1.29, 1.82) is 0 Å². The molecular weight excluding hydrogens is 425 g/mol. The molecule has 0 saturated heterocycles. The molecule has 4 amide bonds. The molecule has 0 aliphatic carbocycles.